The van der Waals surface area contributed by atoms with Crippen molar-refractivity contribution in [1.29, 1.82) is 0 Å². The zero-order valence-corrected chi connectivity index (χ0v) is 11.5. The van der Waals surface area contributed by atoms with Crippen LogP contribution in [0.5, 0.6) is 5.75 Å². The molecule has 0 amide bonds. The van der Waals surface area contributed by atoms with E-state index in [1.807, 2.05) is 30.3 Å². The first-order valence-corrected chi connectivity index (χ1v) is 7.20. The molecule has 0 unspecified atom stereocenters. The summed E-state index contributed by atoms with van der Waals surface area (Å²) in [5, 5.41) is 12.8. The summed E-state index contributed by atoms with van der Waals surface area (Å²) in [6.45, 7) is 0.660. The fraction of sp³-hybridized carbons (Fsp3) is 0.235. The molecule has 1 aromatic heterocycles. The summed E-state index contributed by atoms with van der Waals surface area (Å²) in [7, 11) is 0. The summed E-state index contributed by atoms with van der Waals surface area (Å²) in [6, 6.07) is 13.2. The molecule has 2 aromatic carbocycles. The first kappa shape index (κ1) is 12.3. The lowest BCUT2D eigenvalue weighted by molar-refractivity contribution is 0.474. The van der Waals surface area contributed by atoms with Crippen molar-refractivity contribution in [3.8, 4) is 5.75 Å². The monoisotopic (exact) mass is 280 g/mol. The van der Waals surface area contributed by atoms with Gasteiger partial charge < -0.3 is 14.8 Å². The molecule has 1 saturated carbocycles. The van der Waals surface area contributed by atoms with Gasteiger partial charge in [-0.15, -0.1) is 0 Å². The van der Waals surface area contributed by atoms with Gasteiger partial charge in [0.2, 0.25) is 0 Å². The third-order valence-corrected chi connectivity index (χ3v) is 3.74. The molecule has 2 N–H and O–H groups in total. The Kier molecular flexibility index (Phi) is 2.81. The highest BCUT2D eigenvalue weighted by Crippen LogP contribution is 2.40. The molecule has 4 heteroatoms. The second kappa shape index (κ2) is 4.81. The number of hydrogen-bond donors (Lipinski definition) is 2. The van der Waals surface area contributed by atoms with Gasteiger partial charge in [0.1, 0.15) is 11.3 Å². The van der Waals surface area contributed by atoms with Crippen molar-refractivity contribution in [2.24, 2.45) is 0 Å². The number of hydrogen-bond acceptors (Lipinski definition) is 4. The maximum absolute atomic E-state index is 9.46. The van der Waals surface area contributed by atoms with Gasteiger partial charge in [-0.05, 0) is 48.7 Å². The van der Waals surface area contributed by atoms with Crippen LogP contribution in [0.4, 0.5) is 5.69 Å². The van der Waals surface area contributed by atoms with Crippen LogP contribution in [0, 0.1) is 0 Å². The zero-order valence-electron chi connectivity index (χ0n) is 11.5. The minimum atomic E-state index is 0.287. The SMILES string of the molecule is Oc1cccc(CNc2ccc3oc(C4CC4)nc3c2)c1. The maximum atomic E-state index is 9.46. The molecule has 0 aliphatic heterocycles. The number of fused-ring (bicyclic) bond motifs is 1. The van der Waals surface area contributed by atoms with Crippen LogP contribution in [0.1, 0.15) is 30.2 Å². The van der Waals surface area contributed by atoms with Gasteiger partial charge in [0.15, 0.2) is 11.5 Å². The molecule has 3 aromatic rings. The Morgan fingerprint density at radius 1 is 1.19 bits per heavy atom. The quantitative estimate of drug-likeness (QED) is 0.757. The highest BCUT2D eigenvalue weighted by Gasteiger charge is 2.28. The molecule has 4 rings (SSSR count). The molecule has 0 atom stereocenters. The third kappa shape index (κ3) is 2.57. The molecule has 1 heterocycles. The molecule has 1 aliphatic carbocycles. The number of phenols is 1. The number of aromatic hydroxyl groups is 1. The first-order valence-electron chi connectivity index (χ1n) is 7.20. The number of phenolic OH excluding ortho intramolecular Hbond substituents is 1. The Morgan fingerprint density at radius 3 is 2.90 bits per heavy atom. The molecule has 1 aliphatic rings. The maximum Gasteiger partial charge on any atom is 0.198 e. The summed E-state index contributed by atoms with van der Waals surface area (Å²) in [6.07, 6.45) is 2.38. The zero-order chi connectivity index (χ0) is 14.2. The van der Waals surface area contributed by atoms with Crippen molar-refractivity contribution in [1.82, 2.24) is 4.98 Å². The lowest BCUT2D eigenvalue weighted by Gasteiger charge is -2.06. The molecular formula is C17H16N2O2. The van der Waals surface area contributed by atoms with Crippen molar-refractivity contribution in [3.05, 3.63) is 53.9 Å². The van der Waals surface area contributed by atoms with Gasteiger partial charge in [-0.1, -0.05) is 12.1 Å². The number of rotatable bonds is 4. The van der Waals surface area contributed by atoms with Gasteiger partial charge >= 0.3 is 0 Å². The van der Waals surface area contributed by atoms with Crippen molar-refractivity contribution in [2.75, 3.05) is 5.32 Å². The van der Waals surface area contributed by atoms with Gasteiger partial charge in [0, 0.05) is 18.2 Å². The minimum absolute atomic E-state index is 0.287. The standard InChI is InChI=1S/C17H16N2O2/c20-14-3-1-2-11(8-14)10-18-13-6-7-16-15(9-13)19-17(21-16)12-4-5-12/h1-3,6-9,12,18,20H,4-5,10H2. The smallest absolute Gasteiger partial charge is 0.198 e. The van der Waals surface area contributed by atoms with Gasteiger partial charge in [-0.25, -0.2) is 4.98 Å². The molecule has 0 saturated heterocycles. The Balaban J connectivity index is 1.53. The first-order chi connectivity index (χ1) is 10.3. The van der Waals surface area contributed by atoms with Crippen LogP contribution in [-0.2, 0) is 6.54 Å². The van der Waals surface area contributed by atoms with E-state index < -0.39 is 0 Å². The predicted octanol–water partition coefficient (Wildman–Crippen LogP) is 4.02. The molecule has 21 heavy (non-hydrogen) atoms. The molecule has 0 radical (unpaired) electrons. The van der Waals surface area contributed by atoms with Gasteiger partial charge in [-0.2, -0.15) is 0 Å². The molecular weight excluding hydrogens is 264 g/mol. The van der Waals surface area contributed by atoms with E-state index in [9.17, 15) is 5.11 Å². The van der Waals surface area contributed by atoms with Crippen molar-refractivity contribution in [3.63, 3.8) is 0 Å². The van der Waals surface area contributed by atoms with Crippen molar-refractivity contribution in [2.45, 2.75) is 25.3 Å². The van der Waals surface area contributed by atoms with Gasteiger partial charge in [0.25, 0.3) is 0 Å². The number of nitrogens with zero attached hydrogens (tertiary/aromatic N) is 1. The normalized spacial score (nSPS) is 14.5. The second-order valence-corrected chi connectivity index (χ2v) is 5.53. The van der Waals surface area contributed by atoms with E-state index in [1.165, 1.54) is 12.8 Å². The summed E-state index contributed by atoms with van der Waals surface area (Å²) >= 11 is 0. The minimum Gasteiger partial charge on any atom is -0.508 e. The molecule has 106 valence electrons. The highest BCUT2D eigenvalue weighted by molar-refractivity contribution is 5.77. The topological polar surface area (TPSA) is 58.3 Å². The molecule has 1 fully saturated rings. The Labute approximate surface area is 122 Å². The van der Waals surface area contributed by atoms with Crippen LogP contribution in [-0.4, -0.2) is 10.1 Å². The third-order valence-electron chi connectivity index (χ3n) is 3.74. The summed E-state index contributed by atoms with van der Waals surface area (Å²) in [5.74, 6) is 1.69. The van der Waals surface area contributed by atoms with E-state index >= 15 is 0 Å². The van der Waals surface area contributed by atoms with Crippen LogP contribution in [0.2, 0.25) is 0 Å². The highest BCUT2D eigenvalue weighted by atomic mass is 16.3. The van der Waals surface area contributed by atoms with Crippen molar-refractivity contribution >= 4 is 16.8 Å². The van der Waals surface area contributed by atoms with E-state index in [-0.39, 0.29) is 5.75 Å². The van der Waals surface area contributed by atoms with E-state index in [0.717, 1.165) is 28.2 Å². The van der Waals surface area contributed by atoms with E-state index in [1.54, 1.807) is 12.1 Å². The summed E-state index contributed by atoms with van der Waals surface area (Å²) in [5.41, 5.74) is 3.79. The lowest BCUT2D eigenvalue weighted by Crippen LogP contribution is -1.98. The molecule has 0 bridgehead atoms. The van der Waals surface area contributed by atoms with Crippen LogP contribution >= 0.6 is 0 Å². The molecule has 4 nitrogen and oxygen atoms in total. The predicted molar refractivity (Wildman–Crippen MR) is 81.4 cm³/mol. The Morgan fingerprint density at radius 2 is 2.10 bits per heavy atom. The van der Waals surface area contributed by atoms with Gasteiger partial charge in [-0.3, -0.25) is 0 Å². The van der Waals surface area contributed by atoms with Crippen LogP contribution in [0.25, 0.3) is 11.1 Å². The second-order valence-electron chi connectivity index (χ2n) is 5.53. The number of benzene rings is 2. The van der Waals surface area contributed by atoms with Crippen molar-refractivity contribution < 1.29 is 9.52 Å². The number of nitrogens with one attached hydrogen (secondary N) is 1. The number of aromatic nitrogens is 1. The Hall–Kier alpha value is -2.49. The van der Waals surface area contributed by atoms with Crippen LogP contribution in [0.15, 0.2) is 46.9 Å². The fourth-order valence-corrected chi connectivity index (χ4v) is 2.43. The van der Waals surface area contributed by atoms with E-state index in [4.69, 9.17) is 4.42 Å². The van der Waals surface area contributed by atoms with E-state index in [2.05, 4.69) is 10.3 Å². The average molecular weight is 280 g/mol. The summed E-state index contributed by atoms with van der Waals surface area (Å²) in [4.78, 5) is 4.56. The number of oxazole rings is 1. The molecule has 0 spiro atoms. The van der Waals surface area contributed by atoms with Crippen LogP contribution < -0.4 is 5.32 Å². The van der Waals surface area contributed by atoms with Crippen LogP contribution in [0.3, 0.4) is 0 Å². The summed E-state index contributed by atoms with van der Waals surface area (Å²) < 4.78 is 5.75. The number of anilines is 1. The fourth-order valence-electron chi connectivity index (χ4n) is 2.43. The average Bonchev–Trinajstić information content (AvgIpc) is 3.25. The lowest BCUT2D eigenvalue weighted by atomic mass is 10.2. The van der Waals surface area contributed by atoms with Gasteiger partial charge in [0.05, 0.1) is 0 Å². The Bertz CT molecular complexity index is 790. The largest absolute Gasteiger partial charge is 0.508 e. The van der Waals surface area contributed by atoms with E-state index in [0.29, 0.717) is 12.5 Å².